The number of aromatic nitrogens is 3. The van der Waals surface area contributed by atoms with Gasteiger partial charge in [-0.2, -0.15) is 0 Å². The number of thiophene rings is 1. The number of esters is 1. The Bertz CT molecular complexity index is 1040. The zero-order chi connectivity index (χ0) is 20.2. The highest BCUT2D eigenvalue weighted by molar-refractivity contribution is 7.99. The van der Waals surface area contributed by atoms with Crippen LogP contribution in [0.3, 0.4) is 0 Å². The molecule has 1 amide bonds. The molecule has 4 rings (SSSR count). The number of amides is 1. The van der Waals surface area contributed by atoms with Crippen molar-refractivity contribution in [2.45, 2.75) is 44.2 Å². The predicted molar refractivity (Wildman–Crippen MR) is 114 cm³/mol. The van der Waals surface area contributed by atoms with Gasteiger partial charge in [0.25, 0.3) is 0 Å². The number of fused-ring (bicyclic) bond motifs is 2. The second-order valence-electron chi connectivity index (χ2n) is 6.74. The average molecular weight is 431 g/mol. The molecule has 0 fully saturated rings. The summed E-state index contributed by atoms with van der Waals surface area (Å²) < 4.78 is 7.11. The molecular formula is C20H22N4O3S2. The van der Waals surface area contributed by atoms with Gasteiger partial charge in [-0.25, -0.2) is 4.79 Å². The molecule has 0 aromatic carbocycles. The van der Waals surface area contributed by atoms with Crippen LogP contribution in [0.1, 0.15) is 47.0 Å². The SMILES string of the molecule is CCOC(=O)c1c(NC(=O)CSc2nnc3ccccn23)sc2c1CCCCC2. The molecule has 9 heteroatoms. The van der Waals surface area contributed by atoms with Gasteiger partial charge in [-0.15, -0.1) is 21.5 Å². The normalized spacial score (nSPS) is 13.7. The van der Waals surface area contributed by atoms with Crippen molar-refractivity contribution in [1.82, 2.24) is 14.6 Å². The third-order valence-electron chi connectivity index (χ3n) is 4.77. The summed E-state index contributed by atoms with van der Waals surface area (Å²) in [6, 6.07) is 5.65. The van der Waals surface area contributed by atoms with Crippen LogP contribution in [-0.4, -0.2) is 38.8 Å². The van der Waals surface area contributed by atoms with Gasteiger partial charge >= 0.3 is 5.97 Å². The van der Waals surface area contributed by atoms with E-state index in [2.05, 4.69) is 15.5 Å². The zero-order valence-electron chi connectivity index (χ0n) is 16.1. The van der Waals surface area contributed by atoms with Crippen molar-refractivity contribution in [1.29, 1.82) is 0 Å². The average Bonchev–Trinajstić information content (AvgIpc) is 3.20. The van der Waals surface area contributed by atoms with Gasteiger partial charge in [0.05, 0.1) is 17.9 Å². The number of rotatable bonds is 6. The number of thioether (sulfide) groups is 1. The molecule has 7 nitrogen and oxygen atoms in total. The van der Waals surface area contributed by atoms with Crippen LogP contribution in [0.2, 0.25) is 0 Å². The zero-order valence-corrected chi connectivity index (χ0v) is 17.8. The number of anilines is 1. The van der Waals surface area contributed by atoms with Crippen molar-refractivity contribution >= 4 is 45.6 Å². The number of carbonyl (C=O) groups is 2. The summed E-state index contributed by atoms with van der Waals surface area (Å²) in [6.07, 6.45) is 7.00. The van der Waals surface area contributed by atoms with E-state index >= 15 is 0 Å². The Morgan fingerprint density at radius 3 is 2.97 bits per heavy atom. The number of nitrogens with zero attached hydrogens (tertiary/aromatic N) is 3. The molecule has 3 heterocycles. The summed E-state index contributed by atoms with van der Waals surface area (Å²) in [7, 11) is 0. The minimum absolute atomic E-state index is 0.176. The van der Waals surface area contributed by atoms with E-state index in [1.165, 1.54) is 28.0 Å². The predicted octanol–water partition coefficient (Wildman–Crippen LogP) is 3.97. The fraction of sp³-hybridized carbons (Fsp3) is 0.400. The Balaban J connectivity index is 1.50. The lowest BCUT2D eigenvalue weighted by molar-refractivity contribution is -0.113. The van der Waals surface area contributed by atoms with E-state index in [4.69, 9.17) is 4.74 Å². The molecule has 1 aliphatic carbocycles. The summed E-state index contributed by atoms with van der Waals surface area (Å²) in [5, 5.41) is 12.4. The van der Waals surface area contributed by atoms with E-state index in [1.54, 1.807) is 6.92 Å². The molecule has 29 heavy (non-hydrogen) atoms. The molecule has 152 valence electrons. The first-order valence-corrected chi connectivity index (χ1v) is 11.5. The third kappa shape index (κ3) is 4.30. The van der Waals surface area contributed by atoms with E-state index in [0.717, 1.165) is 43.3 Å². The summed E-state index contributed by atoms with van der Waals surface area (Å²) in [4.78, 5) is 26.4. The van der Waals surface area contributed by atoms with Gasteiger partial charge in [0.1, 0.15) is 5.00 Å². The molecule has 0 atom stereocenters. The lowest BCUT2D eigenvalue weighted by atomic mass is 10.1. The fourth-order valence-electron chi connectivity index (χ4n) is 3.46. The van der Waals surface area contributed by atoms with Crippen molar-refractivity contribution in [2.24, 2.45) is 0 Å². The minimum atomic E-state index is -0.349. The van der Waals surface area contributed by atoms with E-state index in [1.807, 2.05) is 28.8 Å². The van der Waals surface area contributed by atoms with E-state index in [-0.39, 0.29) is 17.6 Å². The summed E-state index contributed by atoms with van der Waals surface area (Å²) >= 11 is 2.82. The maximum Gasteiger partial charge on any atom is 0.341 e. The summed E-state index contributed by atoms with van der Waals surface area (Å²) in [5.41, 5.74) is 2.33. The first-order valence-electron chi connectivity index (χ1n) is 9.71. The van der Waals surface area contributed by atoms with Gasteiger partial charge in [-0.05, 0) is 50.3 Å². The molecule has 0 radical (unpaired) electrons. The van der Waals surface area contributed by atoms with E-state index < -0.39 is 0 Å². The molecule has 0 spiro atoms. The van der Waals surface area contributed by atoms with Crippen LogP contribution in [0.5, 0.6) is 0 Å². The molecule has 0 aliphatic heterocycles. The molecule has 0 unspecified atom stereocenters. The molecule has 0 saturated heterocycles. The monoisotopic (exact) mass is 430 g/mol. The topological polar surface area (TPSA) is 85.6 Å². The van der Waals surface area contributed by atoms with Gasteiger partial charge in [-0.3, -0.25) is 9.20 Å². The summed E-state index contributed by atoms with van der Waals surface area (Å²) in [6.45, 7) is 2.10. The quantitative estimate of drug-likeness (QED) is 0.362. The highest BCUT2D eigenvalue weighted by Gasteiger charge is 2.26. The van der Waals surface area contributed by atoms with Crippen LogP contribution in [0.15, 0.2) is 29.6 Å². The fourth-order valence-corrected chi connectivity index (χ4v) is 5.48. The van der Waals surface area contributed by atoms with Gasteiger partial charge < -0.3 is 10.1 Å². The van der Waals surface area contributed by atoms with Crippen molar-refractivity contribution in [3.8, 4) is 0 Å². The Morgan fingerprint density at radius 2 is 2.10 bits per heavy atom. The van der Waals surface area contributed by atoms with Crippen LogP contribution in [0.25, 0.3) is 5.65 Å². The number of ether oxygens (including phenoxy) is 1. The highest BCUT2D eigenvalue weighted by atomic mass is 32.2. The molecular weight excluding hydrogens is 408 g/mol. The summed E-state index contributed by atoms with van der Waals surface area (Å²) in [5.74, 6) is -0.344. The van der Waals surface area contributed by atoms with Crippen LogP contribution < -0.4 is 5.32 Å². The van der Waals surface area contributed by atoms with Crippen LogP contribution in [-0.2, 0) is 22.4 Å². The van der Waals surface area contributed by atoms with Gasteiger partial charge in [-0.1, -0.05) is 24.2 Å². The Labute approximate surface area is 176 Å². The largest absolute Gasteiger partial charge is 0.462 e. The minimum Gasteiger partial charge on any atom is -0.462 e. The van der Waals surface area contributed by atoms with Crippen molar-refractivity contribution < 1.29 is 14.3 Å². The van der Waals surface area contributed by atoms with Gasteiger partial charge in [0.2, 0.25) is 5.91 Å². The molecule has 1 N–H and O–H groups in total. The number of aryl methyl sites for hydroxylation is 1. The number of nitrogens with one attached hydrogen (secondary N) is 1. The second-order valence-corrected chi connectivity index (χ2v) is 8.78. The lowest BCUT2D eigenvalue weighted by Crippen LogP contribution is -2.17. The third-order valence-corrected chi connectivity index (χ3v) is 6.92. The Morgan fingerprint density at radius 1 is 1.24 bits per heavy atom. The van der Waals surface area contributed by atoms with Crippen molar-refractivity contribution in [2.75, 3.05) is 17.7 Å². The first-order chi connectivity index (χ1) is 14.2. The van der Waals surface area contributed by atoms with Crippen molar-refractivity contribution in [3.05, 3.63) is 40.4 Å². The second kappa shape index (κ2) is 8.96. The van der Waals surface area contributed by atoms with Crippen LogP contribution in [0, 0.1) is 0 Å². The van der Waals surface area contributed by atoms with E-state index in [9.17, 15) is 9.59 Å². The first kappa shape index (κ1) is 19.9. The molecule has 3 aromatic heterocycles. The number of hydrogen-bond donors (Lipinski definition) is 1. The van der Waals surface area contributed by atoms with Crippen LogP contribution >= 0.6 is 23.1 Å². The Hall–Kier alpha value is -2.39. The molecule has 3 aromatic rings. The Kier molecular flexibility index (Phi) is 6.15. The van der Waals surface area contributed by atoms with Gasteiger partial charge in [0.15, 0.2) is 10.8 Å². The lowest BCUT2D eigenvalue weighted by Gasteiger charge is -2.08. The molecule has 1 aliphatic rings. The number of hydrogen-bond acceptors (Lipinski definition) is 7. The standard InChI is InChI=1S/C20H22N4O3S2/c1-2-27-19(26)17-13-8-4-3-5-9-14(13)29-18(17)21-16(25)12-28-20-23-22-15-10-6-7-11-24(15)20/h6-7,10-11H,2-5,8-9,12H2,1H3,(H,21,25). The number of carbonyl (C=O) groups excluding carboxylic acids is 2. The number of pyridine rings is 1. The van der Waals surface area contributed by atoms with Crippen molar-refractivity contribution in [3.63, 3.8) is 0 Å². The smallest absolute Gasteiger partial charge is 0.341 e. The molecule has 0 saturated carbocycles. The molecule has 0 bridgehead atoms. The van der Waals surface area contributed by atoms with Gasteiger partial charge in [0, 0.05) is 11.1 Å². The maximum absolute atomic E-state index is 12.6. The highest BCUT2D eigenvalue weighted by Crippen LogP contribution is 2.38. The van der Waals surface area contributed by atoms with Crippen LogP contribution in [0.4, 0.5) is 5.00 Å². The van der Waals surface area contributed by atoms with E-state index in [0.29, 0.717) is 22.3 Å². The maximum atomic E-state index is 12.6.